The van der Waals surface area contributed by atoms with E-state index in [4.69, 9.17) is 10.5 Å². The van der Waals surface area contributed by atoms with Gasteiger partial charge in [0, 0.05) is 11.0 Å². The highest BCUT2D eigenvalue weighted by atomic mass is 79.9. The van der Waals surface area contributed by atoms with E-state index in [0.29, 0.717) is 6.54 Å². The molecule has 2 nitrogen and oxygen atoms in total. The zero-order chi connectivity index (χ0) is 14.7. The van der Waals surface area contributed by atoms with E-state index < -0.39 is 0 Å². The minimum atomic E-state index is -0.115. The first-order chi connectivity index (χ1) is 9.51. The topological polar surface area (TPSA) is 35.2 Å². The van der Waals surface area contributed by atoms with Crippen molar-refractivity contribution in [2.24, 2.45) is 5.73 Å². The van der Waals surface area contributed by atoms with Crippen molar-refractivity contribution in [3.63, 3.8) is 0 Å². The van der Waals surface area contributed by atoms with Gasteiger partial charge in [0.2, 0.25) is 0 Å². The van der Waals surface area contributed by atoms with E-state index in [-0.39, 0.29) is 6.10 Å². The van der Waals surface area contributed by atoms with Gasteiger partial charge < -0.3 is 10.5 Å². The second kappa shape index (κ2) is 6.42. The molecular weight excluding hydrogens is 314 g/mol. The van der Waals surface area contributed by atoms with Gasteiger partial charge in [-0.3, -0.25) is 0 Å². The van der Waals surface area contributed by atoms with Crippen molar-refractivity contribution in [2.45, 2.75) is 26.9 Å². The Labute approximate surface area is 129 Å². The summed E-state index contributed by atoms with van der Waals surface area (Å²) in [4.78, 5) is 0. The van der Waals surface area contributed by atoms with Crippen molar-refractivity contribution in [2.75, 3.05) is 6.54 Å². The lowest BCUT2D eigenvalue weighted by molar-refractivity contribution is 0.214. The number of hydrogen-bond acceptors (Lipinski definition) is 2. The molecule has 20 heavy (non-hydrogen) atoms. The SMILES string of the molecule is Cc1ccc(C(CN)Oc2cc(C)c(Br)c(C)c2)cc1. The fourth-order valence-electron chi connectivity index (χ4n) is 2.17. The van der Waals surface area contributed by atoms with Gasteiger partial charge in [0.15, 0.2) is 0 Å². The second-order valence-corrected chi connectivity index (χ2v) is 5.92. The van der Waals surface area contributed by atoms with Crippen LogP contribution in [0.1, 0.15) is 28.4 Å². The van der Waals surface area contributed by atoms with Gasteiger partial charge >= 0.3 is 0 Å². The summed E-state index contributed by atoms with van der Waals surface area (Å²) in [6.07, 6.45) is -0.115. The fraction of sp³-hybridized carbons (Fsp3) is 0.294. The largest absolute Gasteiger partial charge is 0.484 e. The van der Waals surface area contributed by atoms with Crippen molar-refractivity contribution >= 4 is 15.9 Å². The Morgan fingerprint density at radius 1 is 1.05 bits per heavy atom. The van der Waals surface area contributed by atoms with Gasteiger partial charge in [-0.05, 0) is 49.6 Å². The Morgan fingerprint density at radius 3 is 2.10 bits per heavy atom. The molecular formula is C17H20BrNO. The number of aryl methyl sites for hydroxylation is 3. The first-order valence-electron chi connectivity index (χ1n) is 6.71. The molecule has 0 saturated heterocycles. The molecule has 2 aromatic rings. The van der Waals surface area contributed by atoms with Crippen molar-refractivity contribution in [1.29, 1.82) is 0 Å². The van der Waals surface area contributed by atoms with Crippen LogP contribution in [0.3, 0.4) is 0 Å². The molecule has 3 heteroatoms. The van der Waals surface area contributed by atoms with Gasteiger partial charge in [-0.15, -0.1) is 0 Å². The molecule has 2 rings (SSSR count). The van der Waals surface area contributed by atoms with Crippen LogP contribution in [-0.2, 0) is 0 Å². The Balaban J connectivity index is 2.24. The summed E-state index contributed by atoms with van der Waals surface area (Å²) >= 11 is 3.57. The minimum Gasteiger partial charge on any atom is -0.484 e. The molecule has 106 valence electrons. The van der Waals surface area contributed by atoms with Crippen molar-refractivity contribution < 1.29 is 4.74 Å². The van der Waals surface area contributed by atoms with Gasteiger partial charge in [0.05, 0.1) is 0 Å². The molecule has 0 aliphatic heterocycles. The number of nitrogens with two attached hydrogens (primary N) is 1. The van der Waals surface area contributed by atoms with E-state index in [0.717, 1.165) is 15.8 Å². The van der Waals surface area contributed by atoms with Crippen molar-refractivity contribution in [3.05, 3.63) is 63.1 Å². The molecule has 0 fully saturated rings. The summed E-state index contributed by atoms with van der Waals surface area (Å²) in [5.74, 6) is 0.860. The Hall–Kier alpha value is -1.32. The van der Waals surface area contributed by atoms with E-state index in [9.17, 15) is 0 Å². The maximum absolute atomic E-state index is 6.06. The van der Waals surface area contributed by atoms with Gasteiger partial charge in [0.1, 0.15) is 11.9 Å². The third kappa shape index (κ3) is 3.41. The lowest BCUT2D eigenvalue weighted by Gasteiger charge is -2.19. The standard InChI is InChI=1S/C17H20BrNO/c1-11-4-6-14(7-5-11)16(10-19)20-15-8-12(2)17(18)13(3)9-15/h4-9,16H,10,19H2,1-3H3. The van der Waals surface area contributed by atoms with Crippen LogP contribution in [0, 0.1) is 20.8 Å². The van der Waals surface area contributed by atoms with E-state index in [2.05, 4.69) is 61.0 Å². The monoisotopic (exact) mass is 333 g/mol. The Morgan fingerprint density at radius 2 is 1.60 bits per heavy atom. The summed E-state index contributed by atoms with van der Waals surface area (Å²) in [7, 11) is 0. The molecule has 0 radical (unpaired) electrons. The smallest absolute Gasteiger partial charge is 0.136 e. The summed E-state index contributed by atoms with van der Waals surface area (Å²) in [5, 5.41) is 0. The highest BCUT2D eigenvalue weighted by Gasteiger charge is 2.12. The normalized spacial score (nSPS) is 12.2. The Bertz CT molecular complexity index is 569. The summed E-state index contributed by atoms with van der Waals surface area (Å²) in [6.45, 7) is 6.65. The van der Waals surface area contributed by atoms with Crippen LogP contribution in [-0.4, -0.2) is 6.54 Å². The summed E-state index contributed by atoms with van der Waals surface area (Å²) in [6, 6.07) is 12.4. The molecule has 0 amide bonds. The molecule has 0 aliphatic rings. The fourth-order valence-corrected chi connectivity index (χ4v) is 2.40. The van der Waals surface area contributed by atoms with Crippen LogP contribution in [0.15, 0.2) is 40.9 Å². The van der Waals surface area contributed by atoms with Gasteiger partial charge in [0.25, 0.3) is 0 Å². The number of rotatable bonds is 4. The molecule has 0 heterocycles. The number of halogens is 1. The average Bonchev–Trinajstić information content (AvgIpc) is 2.43. The minimum absolute atomic E-state index is 0.115. The molecule has 2 N–H and O–H groups in total. The zero-order valence-corrected chi connectivity index (χ0v) is 13.7. The van der Waals surface area contributed by atoms with Crippen LogP contribution in [0.2, 0.25) is 0 Å². The second-order valence-electron chi connectivity index (χ2n) is 5.12. The molecule has 0 aliphatic carbocycles. The van der Waals surface area contributed by atoms with Crippen LogP contribution in [0.5, 0.6) is 5.75 Å². The lowest BCUT2D eigenvalue weighted by Crippen LogP contribution is -2.18. The van der Waals surface area contributed by atoms with Crippen LogP contribution < -0.4 is 10.5 Å². The number of benzene rings is 2. The van der Waals surface area contributed by atoms with Gasteiger partial charge in [-0.25, -0.2) is 0 Å². The molecule has 0 spiro atoms. The lowest BCUT2D eigenvalue weighted by atomic mass is 10.1. The van der Waals surface area contributed by atoms with Crippen LogP contribution in [0.4, 0.5) is 0 Å². The van der Waals surface area contributed by atoms with E-state index in [1.807, 2.05) is 12.1 Å². The van der Waals surface area contributed by atoms with E-state index in [1.165, 1.54) is 16.7 Å². The Kier molecular flexibility index (Phi) is 4.84. The quantitative estimate of drug-likeness (QED) is 0.896. The van der Waals surface area contributed by atoms with Gasteiger partial charge in [-0.2, -0.15) is 0 Å². The average molecular weight is 334 g/mol. The predicted molar refractivity (Wildman–Crippen MR) is 87.2 cm³/mol. The van der Waals surface area contributed by atoms with E-state index >= 15 is 0 Å². The highest BCUT2D eigenvalue weighted by molar-refractivity contribution is 9.10. The molecule has 0 aromatic heterocycles. The van der Waals surface area contributed by atoms with Crippen LogP contribution in [0.25, 0.3) is 0 Å². The number of hydrogen-bond donors (Lipinski definition) is 1. The van der Waals surface area contributed by atoms with Crippen LogP contribution >= 0.6 is 15.9 Å². The van der Waals surface area contributed by atoms with Crippen molar-refractivity contribution in [3.8, 4) is 5.75 Å². The molecule has 0 bridgehead atoms. The molecule has 2 aromatic carbocycles. The van der Waals surface area contributed by atoms with Crippen molar-refractivity contribution in [1.82, 2.24) is 0 Å². The highest BCUT2D eigenvalue weighted by Crippen LogP contribution is 2.29. The molecule has 1 unspecified atom stereocenters. The zero-order valence-electron chi connectivity index (χ0n) is 12.1. The first-order valence-corrected chi connectivity index (χ1v) is 7.50. The molecule has 1 atom stereocenters. The predicted octanol–water partition coefficient (Wildman–Crippen LogP) is 4.45. The van der Waals surface area contributed by atoms with Gasteiger partial charge in [-0.1, -0.05) is 45.8 Å². The third-order valence-electron chi connectivity index (χ3n) is 3.35. The maximum Gasteiger partial charge on any atom is 0.136 e. The number of ether oxygens (including phenoxy) is 1. The maximum atomic E-state index is 6.06. The van der Waals surface area contributed by atoms with E-state index in [1.54, 1.807) is 0 Å². The molecule has 0 saturated carbocycles. The summed E-state index contributed by atoms with van der Waals surface area (Å²) in [5.41, 5.74) is 10.5. The third-order valence-corrected chi connectivity index (χ3v) is 4.60. The summed E-state index contributed by atoms with van der Waals surface area (Å²) < 4.78 is 7.19. The first kappa shape index (κ1) is 15.1.